The zero-order valence-corrected chi connectivity index (χ0v) is 28.6. The first kappa shape index (κ1) is 35.9. The molecule has 0 spiro atoms. The van der Waals surface area contributed by atoms with Gasteiger partial charge in [-0.15, -0.1) is 23.1 Å². The minimum absolute atomic E-state index is 0.0774. The van der Waals surface area contributed by atoms with Crippen LogP contribution in [-0.2, 0) is 35.6 Å². The zero-order chi connectivity index (χ0) is 34.5. The second kappa shape index (κ2) is 15.3. The fourth-order valence-electron chi connectivity index (χ4n) is 3.89. The number of amides is 2. The number of fused-ring (bicyclic) bond motifs is 1. The van der Waals surface area contributed by atoms with Gasteiger partial charge in [0.1, 0.15) is 25.1 Å². The molecule has 2 amide bonds. The SMILES string of the molecule is CC(=O)O.CCON=C(C(=O)NC1C(=O)N2C(C(=O)[O-])=C(Sc3nc(-c4cc[n+](C)cc4)cs3)CSC12)c1nsc(NP(=O)(O)O)n1. The molecule has 18 nitrogen and oxygen atoms in total. The van der Waals surface area contributed by atoms with Crippen molar-refractivity contribution in [3.63, 3.8) is 0 Å². The second-order valence-corrected chi connectivity index (χ2v) is 14.6. The molecule has 1 saturated heterocycles. The van der Waals surface area contributed by atoms with Gasteiger partial charge in [-0.3, -0.25) is 24.4 Å². The number of carboxylic acid groups (broad SMARTS) is 2. The van der Waals surface area contributed by atoms with Crippen LogP contribution in [0.3, 0.4) is 0 Å². The van der Waals surface area contributed by atoms with Gasteiger partial charge in [-0.05, 0) is 6.92 Å². The van der Waals surface area contributed by atoms with Gasteiger partial charge in [0.25, 0.3) is 17.8 Å². The summed E-state index contributed by atoms with van der Waals surface area (Å²) in [5.41, 5.74) is 0.906. The van der Waals surface area contributed by atoms with E-state index in [1.165, 1.54) is 23.1 Å². The Labute approximate surface area is 282 Å². The third-order valence-electron chi connectivity index (χ3n) is 5.76. The Morgan fingerprint density at radius 1 is 1.28 bits per heavy atom. The minimum Gasteiger partial charge on any atom is -0.543 e. The summed E-state index contributed by atoms with van der Waals surface area (Å²) in [6, 6.07) is 2.72. The molecule has 5 rings (SSSR count). The molecule has 250 valence electrons. The number of aliphatic carboxylic acids is 2. The number of nitrogens with zero attached hydrogens (tertiary/aromatic N) is 6. The monoisotopic (exact) mass is 744 g/mol. The third kappa shape index (κ3) is 9.12. The average Bonchev–Trinajstić information content (AvgIpc) is 3.64. The van der Waals surface area contributed by atoms with Crippen LogP contribution in [0.4, 0.5) is 5.13 Å². The summed E-state index contributed by atoms with van der Waals surface area (Å²) >= 11 is 4.31. The normalized spacial score (nSPS) is 17.6. The Morgan fingerprint density at radius 2 is 1.96 bits per heavy atom. The van der Waals surface area contributed by atoms with E-state index in [1.807, 2.05) is 46.6 Å². The number of pyridine rings is 1. The van der Waals surface area contributed by atoms with E-state index < -0.39 is 48.6 Å². The van der Waals surface area contributed by atoms with Crippen molar-refractivity contribution >= 4 is 88.7 Å². The lowest BCUT2D eigenvalue weighted by molar-refractivity contribution is -0.671. The zero-order valence-electron chi connectivity index (χ0n) is 24.4. The highest BCUT2D eigenvalue weighted by atomic mass is 32.2. The minimum atomic E-state index is -4.68. The van der Waals surface area contributed by atoms with Crippen LogP contribution in [0.15, 0.2) is 50.0 Å². The molecule has 2 aliphatic heterocycles. The van der Waals surface area contributed by atoms with E-state index in [9.17, 15) is 24.1 Å². The summed E-state index contributed by atoms with van der Waals surface area (Å²) in [5.74, 6) is -4.03. The molecule has 0 bridgehead atoms. The summed E-state index contributed by atoms with van der Waals surface area (Å²) in [6.45, 7) is 2.77. The van der Waals surface area contributed by atoms with Crippen LogP contribution in [0.25, 0.3) is 11.3 Å². The van der Waals surface area contributed by atoms with Crippen molar-refractivity contribution in [2.24, 2.45) is 12.2 Å². The number of hydrogen-bond acceptors (Lipinski definition) is 15. The Hall–Kier alpha value is -3.92. The Bertz CT molecular complexity index is 1790. The molecule has 0 aliphatic carbocycles. The molecule has 5 N–H and O–H groups in total. The standard InChI is InChI=1S/C22H21N8O8PS4.C2H4O2/c1-3-38-26-13(16-25-21(43-28-16)27-39(35,36)37)17(31)24-14-18(32)30-15(20(33)34)12(9-40-19(14)30)42-22-23-11(8-41-22)10-4-6-29(2)7-5-10;1-2(3)4/h4-8,14,19H,3,9H2,1-2H3,(H4-,24,25,27,28,31,33,34,35,36,37);1H3,(H,3,4). The van der Waals surface area contributed by atoms with Crippen molar-refractivity contribution in [1.82, 2.24) is 24.6 Å². The lowest BCUT2D eigenvalue weighted by Gasteiger charge is -2.50. The molecule has 1 fully saturated rings. The highest BCUT2D eigenvalue weighted by Crippen LogP contribution is 2.45. The van der Waals surface area contributed by atoms with Crippen LogP contribution >= 0.6 is 54.1 Å². The highest BCUT2D eigenvalue weighted by Gasteiger charge is 2.53. The molecular formula is C24H25N8O10PS4. The number of thioether (sulfide) groups is 2. The van der Waals surface area contributed by atoms with E-state index in [-0.39, 0.29) is 29.0 Å². The third-order valence-corrected chi connectivity index (χ3v) is 10.5. The number of oxime groups is 1. The molecule has 5 heterocycles. The predicted octanol–water partition coefficient (Wildman–Crippen LogP) is -0.0241. The first-order valence-electron chi connectivity index (χ1n) is 13.0. The smallest absolute Gasteiger partial charge is 0.429 e. The van der Waals surface area contributed by atoms with Crippen LogP contribution in [-0.4, -0.2) is 87.4 Å². The average molecular weight is 745 g/mol. The number of hydrogen-bond donors (Lipinski definition) is 5. The van der Waals surface area contributed by atoms with E-state index >= 15 is 0 Å². The number of carbonyl (C=O) groups is 4. The first-order valence-corrected chi connectivity index (χ1v) is 18.2. The summed E-state index contributed by atoms with van der Waals surface area (Å²) in [4.78, 5) is 80.5. The van der Waals surface area contributed by atoms with Gasteiger partial charge in [0.05, 0.1) is 17.4 Å². The number of aromatic nitrogens is 4. The van der Waals surface area contributed by atoms with Crippen LogP contribution in [0, 0.1) is 0 Å². The first-order chi connectivity index (χ1) is 22.2. The maximum absolute atomic E-state index is 13.1. The Kier molecular flexibility index (Phi) is 11.7. The van der Waals surface area contributed by atoms with Crippen molar-refractivity contribution in [3.05, 3.63) is 46.3 Å². The van der Waals surface area contributed by atoms with Crippen molar-refractivity contribution in [1.29, 1.82) is 0 Å². The molecule has 2 aliphatic rings. The molecule has 0 radical (unpaired) electrons. The lowest BCUT2D eigenvalue weighted by Crippen LogP contribution is -2.71. The van der Waals surface area contributed by atoms with Crippen molar-refractivity contribution in [2.45, 2.75) is 29.6 Å². The highest BCUT2D eigenvalue weighted by molar-refractivity contribution is 8.07. The van der Waals surface area contributed by atoms with Crippen LogP contribution < -0.4 is 20.1 Å². The fraction of sp³-hybridized carbons (Fsp3) is 0.292. The number of thiazole rings is 1. The van der Waals surface area contributed by atoms with E-state index in [2.05, 4.69) is 24.8 Å². The largest absolute Gasteiger partial charge is 0.543 e. The van der Waals surface area contributed by atoms with Crippen molar-refractivity contribution in [2.75, 3.05) is 17.4 Å². The van der Waals surface area contributed by atoms with Crippen LogP contribution in [0.2, 0.25) is 0 Å². The van der Waals surface area contributed by atoms with Gasteiger partial charge >= 0.3 is 7.75 Å². The van der Waals surface area contributed by atoms with E-state index in [0.29, 0.717) is 20.8 Å². The summed E-state index contributed by atoms with van der Waals surface area (Å²) in [7, 11) is -2.78. The van der Waals surface area contributed by atoms with Gasteiger partial charge in [0.15, 0.2) is 16.7 Å². The molecule has 2 atom stereocenters. The van der Waals surface area contributed by atoms with Gasteiger partial charge in [-0.25, -0.2) is 14.1 Å². The number of nitrogens with one attached hydrogen (secondary N) is 2. The summed E-state index contributed by atoms with van der Waals surface area (Å²) < 4.78 is 17.6. The molecule has 23 heteroatoms. The number of carboxylic acids is 2. The number of rotatable bonds is 11. The lowest BCUT2D eigenvalue weighted by atomic mass is 10.0. The fourth-order valence-corrected chi connectivity index (χ4v) is 8.59. The van der Waals surface area contributed by atoms with Crippen LogP contribution in [0.5, 0.6) is 0 Å². The van der Waals surface area contributed by atoms with Gasteiger partial charge in [0.2, 0.25) is 16.7 Å². The number of anilines is 1. The van der Waals surface area contributed by atoms with E-state index in [0.717, 1.165) is 34.8 Å². The molecule has 47 heavy (non-hydrogen) atoms. The molecule has 2 unspecified atom stereocenters. The van der Waals surface area contributed by atoms with Crippen molar-refractivity contribution < 1.29 is 53.1 Å². The second-order valence-electron chi connectivity index (χ2n) is 9.23. The van der Waals surface area contributed by atoms with E-state index in [4.69, 9.17) is 24.5 Å². The summed E-state index contributed by atoms with van der Waals surface area (Å²) in [6.07, 6.45) is 3.78. The van der Waals surface area contributed by atoms with Crippen LogP contribution in [0.1, 0.15) is 19.7 Å². The maximum Gasteiger partial charge on any atom is 0.429 e. The molecular weight excluding hydrogens is 720 g/mol. The van der Waals surface area contributed by atoms with Gasteiger partial charge < -0.3 is 34.9 Å². The molecule has 0 aromatic carbocycles. The Balaban J connectivity index is 0.00000118. The quantitative estimate of drug-likeness (QED) is 0.0568. The van der Waals surface area contributed by atoms with E-state index in [1.54, 1.807) is 6.92 Å². The predicted molar refractivity (Wildman–Crippen MR) is 169 cm³/mol. The van der Waals surface area contributed by atoms with Gasteiger partial charge in [0, 0.05) is 52.2 Å². The number of β-lactam (4-membered cyclic amide) rings is 1. The number of aryl methyl sites for hydroxylation is 1. The molecule has 0 saturated carbocycles. The molecule has 3 aromatic rings. The van der Waals surface area contributed by atoms with Gasteiger partial charge in [-0.1, -0.05) is 16.9 Å². The topological polar surface area (TPSA) is 261 Å². The maximum atomic E-state index is 13.1. The Morgan fingerprint density at radius 3 is 2.57 bits per heavy atom. The van der Waals surface area contributed by atoms with Gasteiger partial charge in [-0.2, -0.15) is 9.36 Å². The number of carbonyl (C=O) groups excluding carboxylic acids is 3. The van der Waals surface area contributed by atoms with Crippen molar-refractivity contribution in [3.8, 4) is 11.3 Å². The summed E-state index contributed by atoms with van der Waals surface area (Å²) in [5, 5.41) is 28.5. The molecule has 3 aromatic heterocycles.